The zero-order valence-electron chi connectivity index (χ0n) is 17.7. The van der Waals surface area contributed by atoms with Crippen molar-refractivity contribution in [2.75, 3.05) is 45.4 Å². The number of hydrogen-bond acceptors (Lipinski definition) is 6. The quantitative estimate of drug-likeness (QED) is 0.165. The molecule has 0 heterocycles. The smallest absolute Gasteiger partial charge is 0.748 e. The average molecular weight is 419 g/mol. The maximum atomic E-state index is 10.4. The minimum absolute atomic E-state index is 0. The maximum Gasteiger partial charge on any atom is 1.00 e. The van der Waals surface area contributed by atoms with Gasteiger partial charge in [-0.05, 0) is 25.2 Å². The topological polar surface area (TPSA) is 84.9 Å². The molecule has 0 aliphatic carbocycles. The van der Waals surface area contributed by atoms with Crippen LogP contribution in [-0.4, -0.2) is 58.4 Å². The van der Waals surface area contributed by atoms with Gasteiger partial charge in [-0.1, -0.05) is 52.4 Å². The van der Waals surface area contributed by atoms with Crippen LogP contribution in [0, 0.1) is 5.92 Å². The van der Waals surface area contributed by atoms with Crippen molar-refractivity contribution in [2.24, 2.45) is 5.92 Å². The largest absolute Gasteiger partial charge is 1.00 e. The molecule has 0 aromatic rings. The number of hydrogen-bond donors (Lipinski definition) is 0. The molecule has 0 radical (unpaired) electrons. The van der Waals surface area contributed by atoms with Crippen LogP contribution in [-0.2, 0) is 24.3 Å². The summed E-state index contributed by atoms with van der Waals surface area (Å²) in [6.45, 7) is 7.51. The van der Waals surface area contributed by atoms with Gasteiger partial charge in [-0.2, -0.15) is 0 Å². The van der Waals surface area contributed by atoms with Crippen LogP contribution in [0.3, 0.4) is 0 Å². The molecule has 0 aliphatic rings. The van der Waals surface area contributed by atoms with Crippen LogP contribution in [0.2, 0.25) is 0 Å². The molecule has 0 aliphatic heterocycles. The fourth-order valence-electron chi connectivity index (χ4n) is 2.69. The summed E-state index contributed by atoms with van der Waals surface area (Å²) in [5.74, 6) is 0.284. The van der Waals surface area contributed by atoms with Gasteiger partial charge < -0.3 is 18.8 Å². The van der Waals surface area contributed by atoms with Crippen molar-refractivity contribution in [3.8, 4) is 0 Å². The minimum Gasteiger partial charge on any atom is -0.748 e. The third kappa shape index (κ3) is 24.8. The van der Waals surface area contributed by atoms with Gasteiger partial charge in [-0.3, -0.25) is 0 Å². The van der Waals surface area contributed by atoms with E-state index in [4.69, 9.17) is 14.2 Å². The predicted molar refractivity (Wildman–Crippen MR) is 103 cm³/mol. The Morgan fingerprint density at radius 3 is 1.89 bits per heavy atom. The minimum atomic E-state index is -4.13. The molecule has 1 unspecified atom stereocenters. The van der Waals surface area contributed by atoms with Gasteiger partial charge in [0.1, 0.15) is 0 Å². The molecular weight excluding hydrogens is 379 g/mol. The summed E-state index contributed by atoms with van der Waals surface area (Å²) >= 11 is 0. The normalized spacial score (nSPS) is 12.7. The van der Waals surface area contributed by atoms with Gasteiger partial charge >= 0.3 is 29.6 Å². The standard InChI is InChI=1S/C19H40O6S.Na/c1-3-5-7-8-11-19(10-6-4-2)18-25-16-15-24-14-13-23-12-9-17-26(20,21)22;/h19H,3-18H2,1-2H3,(H,20,21,22);/q;+1/p-1. The molecule has 8 heteroatoms. The van der Waals surface area contributed by atoms with E-state index in [-0.39, 0.29) is 48.3 Å². The third-order valence-corrected chi connectivity index (χ3v) is 5.00. The van der Waals surface area contributed by atoms with E-state index in [1.807, 2.05) is 0 Å². The van der Waals surface area contributed by atoms with Gasteiger partial charge in [-0.25, -0.2) is 8.42 Å². The van der Waals surface area contributed by atoms with Crippen molar-refractivity contribution in [3.63, 3.8) is 0 Å². The van der Waals surface area contributed by atoms with E-state index < -0.39 is 10.1 Å². The molecule has 0 saturated heterocycles. The molecule has 0 fully saturated rings. The van der Waals surface area contributed by atoms with E-state index in [2.05, 4.69) is 13.8 Å². The first-order chi connectivity index (χ1) is 12.5. The Bertz CT molecular complexity index is 392. The van der Waals surface area contributed by atoms with Crippen LogP contribution in [0.5, 0.6) is 0 Å². The van der Waals surface area contributed by atoms with Crippen molar-refractivity contribution < 1.29 is 56.7 Å². The number of ether oxygens (including phenoxy) is 3. The molecule has 0 amide bonds. The molecule has 0 saturated carbocycles. The van der Waals surface area contributed by atoms with Crippen LogP contribution in [0.15, 0.2) is 0 Å². The second-order valence-electron chi connectivity index (χ2n) is 6.77. The maximum absolute atomic E-state index is 10.4. The first kappa shape index (κ1) is 30.0. The summed E-state index contributed by atoms with van der Waals surface area (Å²) in [4.78, 5) is 0. The van der Waals surface area contributed by atoms with Gasteiger partial charge in [0.05, 0.1) is 36.5 Å². The zero-order chi connectivity index (χ0) is 19.5. The zero-order valence-corrected chi connectivity index (χ0v) is 20.6. The van der Waals surface area contributed by atoms with E-state index >= 15 is 0 Å². The SMILES string of the molecule is CCCCCCC(CCCC)COCCOCCOCCCS(=O)(=O)[O-].[Na+]. The molecule has 0 spiro atoms. The van der Waals surface area contributed by atoms with Crippen molar-refractivity contribution in [2.45, 2.75) is 71.6 Å². The number of rotatable bonds is 20. The summed E-state index contributed by atoms with van der Waals surface area (Å²) in [5, 5.41) is 0. The van der Waals surface area contributed by atoms with Crippen LogP contribution in [0.1, 0.15) is 71.6 Å². The van der Waals surface area contributed by atoms with E-state index in [0.717, 1.165) is 6.61 Å². The second kappa shape index (κ2) is 21.5. The van der Waals surface area contributed by atoms with E-state index in [9.17, 15) is 13.0 Å². The first-order valence-corrected chi connectivity index (χ1v) is 11.7. The number of unbranched alkanes of at least 4 members (excludes halogenated alkanes) is 4. The van der Waals surface area contributed by atoms with Crippen molar-refractivity contribution in [1.82, 2.24) is 0 Å². The van der Waals surface area contributed by atoms with Crippen molar-refractivity contribution >= 4 is 10.1 Å². The molecule has 0 bridgehead atoms. The van der Waals surface area contributed by atoms with Gasteiger partial charge in [0.25, 0.3) is 0 Å². The summed E-state index contributed by atoms with van der Waals surface area (Å²) in [6, 6.07) is 0. The Hall–Kier alpha value is 0.790. The molecule has 6 nitrogen and oxygen atoms in total. The summed E-state index contributed by atoms with van der Waals surface area (Å²) in [7, 11) is -4.13. The molecule has 0 N–H and O–H groups in total. The van der Waals surface area contributed by atoms with Crippen molar-refractivity contribution in [1.29, 1.82) is 0 Å². The first-order valence-electron chi connectivity index (χ1n) is 10.2. The van der Waals surface area contributed by atoms with Gasteiger partial charge in [-0.15, -0.1) is 0 Å². The third-order valence-electron chi connectivity index (χ3n) is 4.21. The van der Waals surface area contributed by atoms with E-state index in [0.29, 0.717) is 32.3 Å². The Morgan fingerprint density at radius 2 is 1.30 bits per heavy atom. The molecule has 1 atom stereocenters. The van der Waals surface area contributed by atoms with Crippen LogP contribution < -0.4 is 29.6 Å². The summed E-state index contributed by atoms with van der Waals surface area (Å²) in [6.07, 6.45) is 10.4. The Balaban J connectivity index is 0. The molecule has 158 valence electrons. The van der Waals surface area contributed by atoms with E-state index in [1.54, 1.807) is 0 Å². The van der Waals surface area contributed by atoms with Gasteiger partial charge in [0, 0.05) is 19.0 Å². The second-order valence-corrected chi connectivity index (χ2v) is 8.30. The van der Waals surface area contributed by atoms with Crippen LogP contribution >= 0.6 is 0 Å². The Kier molecular flexibility index (Phi) is 23.9. The summed E-state index contributed by atoms with van der Waals surface area (Å²) in [5.41, 5.74) is 0. The van der Waals surface area contributed by atoms with Crippen LogP contribution in [0.4, 0.5) is 0 Å². The molecule has 27 heavy (non-hydrogen) atoms. The van der Waals surface area contributed by atoms with Crippen molar-refractivity contribution in [3.05, 3.63) is 0 Å². The average Bonchev–Trinajstić information content (AvgIpc) is 2.59. The van der Waals surface area contributed by atoms with E-state index in [1.165, 1.54) is 51.4 Å². The summed E-state index contributed by atoms with van der Waals surface area (Å²) < 4.78 is 47.6. The van der Waals surface area contributed by atoms with Crippen LogP contribution in [0.25, 0.3) is 0 Å². The van der Waals surface area contributed by atoms with Gasteiger partial charge in [0.2, 0.25) is 0 Å². The molecule has 0 aromatic heterocycles. The van der Waals surface area contributed by atoms with Gasteiger partial charge in [0.15, 0.2) is 0 Å². The Morgan fingerprint density at radius 1 is 0.741 bits per heavy atom. The molecule has 0 rings (SSSR count). The molecule has 0 aromatic carbocycles. The molecular formula is C19H39NaO6S. The Labute approximate surface area is 189 Å². The fraction of sp³-hybridized carbons (Fsp3) is 1.00. The monoisotopic (exact) mass is 418 g/mol. The fourth-order valence-corrected chi connectivity index (χ4v) is 3.16. The predicted octanol–water partition coefficient (Wildman–Crippen LogP) is 0.752.